The quantitative estimate of drug-likeness (QED) is 0.810. The zero-order valence-corrected chi connectivity index (χ0v) is 11.0. The summed E-state index contributed by atoms with van der Waals surface area (Å²) in [6.07, 6.45) is -3.32. The fourth-order valence-electron chi connectivity index (χ4n) is 2.54. The highest BCUT2D eigenvalue weighted by atomic mass is 32.1. The largest absolute Gasteiger partial charge is 0.419 e. The van der Waals surface area contributed by atoms with Crippen LogP contribution >= 0.6 is 11.3 Å². The number of aromatic nitrogens is 1. The van der Waals surface area contributed by atoms with Crippen molar-refractivity contribution >= 4 is 16.5 Å². The van der Waals surface area contributed by atoms with Crippen LogP contribution in [0, 0.1) is 5.82 Å². The Balaban J connectivity index is 2.04. The number of rotatable bonds is 1. The van der Waals surface area contributed by atoms with Gasteiger partial charge in [-0.3, -0.25) is 0 Å². The second-order valence-electron chi connectivity index (χ2n) is 4.69. The number of alkyl halides is 3. The summed E-state index contributed by atoms with van der Waals surface area (Å²) in [4.78, 5) is 5.05. The molecule has 106 valence electrons. The van der Waals surface area contributed by atoms with E-state index in [1.807, 2.05) is 0 Å². The van der Waals surface area contributed by atoms with Crippen molar-refractivity contribution in [3.63, 3.8) is 0 Å². The van der Waals surface area contributed by atoms with Gasteiger partial charge in [-0.2, -0.15) is 13.2 Å². The molecule has 0 spiro atoms. The molecule has 0 radical (unpaired) electrons. The predicted octanol–water partition coefficient (Wildman–Crippen LogP) is 3.96. The molecule has 1 atom stereocenters. The van der Waals surface area contributed by atoms with Crippen molar-refractivity contribution in [2.24, 2.45) is 0 Å². The summed E-state index contributed by atoms with van der Waals surface area (Å²) in [6.45, 7) is 0. The van der Waals surface area contributed by atoms with Crippen LogP contribution in [0.4, 0.5) is 22.7 Å². The maximum absolute atomic E-state index is 13.3. The highest BCUT2D eigenvalue weighted by Gasteiger charge is 2.36. The molecule has 0 saturated heterocycles. The maximum Gasteiger partial charge on any atom is 0.419 e. The summed E-state index contributed by atoms with van der Waals surface area (Å²) >= 11 is 1.29. The molecule has 0 saturated carbocycles. The first kappa shape index (κ1) is 13.4. The van der Waals surface area contributed by atoms with Gasteiger partial charge in [0.2, 0.25) is 0 Å². The average Bonchev–Trinajstić information content (AvgIpc) is 2.87. The molecule has 1 aromatic carbocycles. The Kier molecular flexibility index (Phi) is 2.97. The van der Waals surface area contributed by atoms with Crippen LogP contribution < -0.4 is 5.73 Å². The lowest BCUT2D eigenvalue weighted by atomic mass is 9.96. The van der Waals surface area contributed by atoms with E-state index in [1.165, 1.54) is 17.4 Å². The number of nitrogens with two attached hydrogens (primary N) is 1. The molecule has 0 aliphatic heterocycles. The lowest BCUT2D eigenvalue weighted by Crippen LogP contribution is -2.09. The van der Waals surface area contributed by atoms with E-state index in [9.17, 15) is 17.6 Å². The monoisotopic (exact) mass is 302 g/mol. The Morgan fingerprint density at radius 1 is 1.30 bits per heavy atom. The van der Waals surface area contributed by atoms with Gasteiger partial charge in [0.25, 0.3) is 0 Å². The fraction of sp³-hybridized carbons (Fsp3) is 0.308. The number of hydrogen-bond acceptors (Lipinski definition) is 3. The third-order valence-electron chi connectivity index (χ3n) is 3.43. The number of fused-ring (bicyclic) bond motifs is 1. The standard InChI is InChI=1S/C13H10F4N2S/c14-9-3-1-6(5-8(9)13(15,16)17)7-2-4-10-11(7)20-12(18)19-10/h1,3,5,7H,2,4H2,(H2,18,19). The highest BCUT2D eigenvalue weighted by molar-refractivity contribution is 7.15. The van der Waals surface area contributed by atoms with Crippen LogP contribution in [-0.2, 0) is 12.6 Å². The molecule has 20 heavy (non-hydrogen) atoms. The van der Waals surface area contributed by atoms with Gasteiger partial charge >= 0.3 is 6.18 Å². The van der Waals surface area contributed by atoms with Crippen LogP contribution in [0.25, 0.3) is 0 Å². The molecule has 1 aliphatic rings. The van der Waals surface area contributed by atoms with E-state index >= 15 is 0 Å². The molecule has 1 aromatic heterocycles. The van der Waals surface area contributed by atoms with Gasteiger partial charge in [-0.05, 0) is 30.5 Å². The van der Waals surface area contributed by atoms with Gasteiger partial charge < -0.3 is 5.73 Å². The van der Waals surface area contributed by atoms with Gasteiger partial charge in [0, 0.05) is 10.8 Å². The zero-order chi connectivity index (χ0) is 14.5. The molecule has 7 heteroatoms. The second-order valence-corrected chi connectivity index (χ2v) is 5.75. The van der Waals surface area contributed by atoms with E-state index in [0.29, 0.717) is 23.5 Å². The molecule has 0 amide bonds. The molecule has 1 heterocycles. The Labute approximate surface area is 116 Å². The van der Waals surface area contributed by atoms with Crippen LogP contribution in [-0.4, -0.2) is 4.98 Å². The van der Waals surface area contributed by atoms with Gasteiger partial charge in [-0.1, -0.05) is 6.07 Å². The van der Waals surface area contributed by atoms with Crippen LogP contribution in [0.5, 0.6) is 0 Å². The van der Waals surface area contributed by atoms with Crippen molar-refractivity contribution < 1.29 is 17.6 Å². The van der Waals surface area contributed by atoms with Crippen molar-refractivity contribution in [2.75, 3.05) is 5.73 Å². The number of anilines is 1. The Morgan fingerprint density at radius 3 is 2.75 bits per heavy atom. The molecular weight excluding hydrogens is 292 g/mol. The van der Waals surface area contributed by atoms with Crippen molar-refractivity contribution in [1.82, 2.24) is 4.98 Å². The first-order valence-electron chi connectivity index (χ1n) is 5.98. The molecule has 3 rings (SSSR count). The van der Waals surface area contributed by atoms with Crippen LogP contribution in [0.15, 0.2) is 18.2 Å². The van der Waals surface area contributed by atoms with Crippen LogP contribution in [0.3, 0.4) is 0 Å². The van der Waals surface area contributed by atoms with E-state index in [4.69, 9.17) is 5.73 Å². The average molecular weight is 302 g/mol. The summed E-state index contributed by atoms with van der Waals surface area (Å²) < 4.78 is 51.5. The molecule has 1 unspecified atom stereocenters. The molecule has 2 nitrogen and oxygen atoms in total. The number of hydrogen-bond donors (Lipinski definition) is 1. The third kappa shape index (κ3) is 2.15. The van der Waals surface area contributed by atoms with E-state index in [1.54, 1.807) is 0 Å². The van der Waals surface area contributed by atoms with Crippen molar-refractivity contribution in [1.29, 1.82) is 0 Å². The third-order valence-corrected chi connectivity index (χ3v) is 4.47. The lowest BCUT2D eigenvalue weighted by Gasteiger charge is -2.14. The van der Waals surface area contributed by atoms with Gasteiger partial charge in [0.1, 0.15) is 5.82 Å². The topological polar surface area (TPSA) is 38.9 Å². The lowest BCUT2D eigenvalue weighted by molar-refractivity contribution is -0.140. The number of nitrogens with zero attached hydrogens (tertiary/aromatic N) is 1. The summed E-state index contributed by atoms with van der Waals surface area (Å²) in [5.41, 5.74) is 5.70. The number of benzene rings is 1. The van der Waals surface area contributed by atoms with Gasteiger partial charge in [-0.15, -0.1) is 11.3 Å². The van der Waals surface area contributed by atoms with Crippen LogP contribution in [0.2, 0.25) is 0 Å². The fourth-order valence-corrected chi connectivity index (χ4v) is 3.58. The number of halogens is 4. The van der Waals surface area contributed by atoms with Crippen molar-refractivity contribution in [3.05, 3.63) is 45.7 Å². The minimum Gasteiger partial charge on any atom is -0.375 e. The molecule has 0 bridgehead atoms. The number of thiazole rings is 1. The van der Waals surface area contributed by atoms with E-state index in [-0.39, 0.29) is 5.92 Å². The predicted molar refractivity (Wildman–Crippen MR) is 68.1 cm³/mol. The summed E-state index contributed by atoms with van der Waals surface area (Å²) in [5, 5.41) is 0.415. The van der Waals surface area contributed by atoms with Gasteiger partial charge in [0.05, 0.1) is 11.3 Å². The first-order chi connectivity index (χ1) is 9.36. The van der Waals surface area contributed by atoms with E-state index in [2.05, 4.69) is 4.98 Å². The first-order valence-corrected chi connectivity index (χ1v) is 6.79. The summed E-state index contributed by atoms with van der Waals surface area (Å²) in [5.74, 6) is -1.43. The number of aryl methyl sites for hydroxylation is 1. The normalized spacial score (nSPS) is 18.3. The molecule has 1 aliphatic carbocycles. The maximum atomic E-state index is 13.3. The number of nitrogen functional groups attached to an aromatic ring is 1. The van der Waals surface area contributed by atoms with Crippen LogP contribution in [0.1, 0.15) is 34.0 Å². The molecule has 2 aromatic rings. The minimum absolute atomic E-state index is 0.179. The van der Waals surface area contributed by atoms with Crippen molar-refractivity contribution in [3.8, 4) is 0 Å². The molecule has 0 fully saturated rings. The van der Waals surface area contributed by atoms with Gasteiger partial charge in [-0.25, -0.2) is 9.37 Å². The van der Waals surface area contributed by atoms with E-state index in [0.717, 1.165) is 22.7 Å². The molecule has 2 N–H and O–H groups in total. The smallest absolute Gasteiger partial charge is 0.375 e. The SMILES string of the molecule is Nc1nc2c(s1)C(c1ccc(F)c(C(F)(F)F)c1)CC2. The summed E-state index contributed by atoms with van der Waals surface area (Å²) in [7, 11) is 0. The minimum atomic E-state index is -4.69. The Bertz CT molecular complexity index is 663. The highest BCUT2D eigenvalue weighted by Crippen LogP contribution is 2.43. The Hall–Kier alpha value is -1.63. The zero-order valence-electron chi connectivity index (χ0n) is 10.2. The second kappa shape index (κ2) is 4.44. The Morgan fingerprint density at radius 2 is 2.05 bits per heavy atom. The van der Waals surface area contributed by atoms with Gasteiger partial charge in [0.15, 0.2) is 5.13 Å². The van der Waals surface area contributed by atoms with Crippen molar-refractivity contribution in [2.45, 2.75) is 24.9 Å². The molecular formula is C13H10F4N2S. The summed E-state index contributed by atoms with van der Waals surface area (Å²) in [6, 6.07) is 3.17. The van der Waals surface area contributed by atoms with E-state index < -0.39 is 17.6 Å².